The second-order valence-corrected chi connectivity index (χ2v) is 6.65. The van der Waals surface area contributed by atoms with E-state index in [0.29, 0.717) is 12.2 Å². The minimum Gasteiger partial charge on any atom is -0.447 e. The molecule has 1 saturated heterocycles. The number of ether oxygens (including phenoxy) is 1. The molecule has 122 valence electrons. The van der Waals surface area contributed by atoms with Crippen molar-refractivity contribution in [1.29, 1.82) is 5.26 Å². The maximum Gasteiger partial charge on any atom is 0.414 e. The molecule has 2 aromatic rings. The number of nitrogens with one attached hydrogen (secondary N) is 1. The van der Waals surface area contributed by atoms with Gasteiger partial charge in [-0.25, -0.2) is 13.2 Å². The molecule has 0 bridgehead atoms. The van der Waals surface area contributed by atoms with Crippen LogP contribution in [0.1, 0.15) is 5.56 Å². The summed E-state index contributed by atoms with van der Waals surface area (Å²) in [6.45, 7) is 0.587. The van der Waals surface area contributed by atoms with E-state index in [2.05, 4.69) is 4.72 Å². The minimum absolute atomic E-state index is 0.0445. The van der Waals surface area contributed by atoms with Gasteiger partial charge in [-0.1, -0.05) is 24.3 Å². The van der Waals surface area contributed by atoms with Crippen LogP contribution in [0.15, 0.2) is 53.4 Å². The van der Waals surface area contributed by atoms with E-state index in [1.165, 1.54) is 17.0 Å². The van der Waals surface area contributed by atoms with Gasteiger partial charge in [0.05, 0.1) is 23.5 Å². The highest BCUT2D eigenvalue weighted by atomic mass is 32.2. The molecule has 0 radical (unpaired) electrons. The average Bonchev–Trinajstić information content (AvgIpc) is 3.01. The van der Waals surface area contributed by atoms with Crippen LogP contribution in [0.5, 0.6) is 0 Å². The maximum absolute atomic E-state index is 12.6. The molecule has 3 rings (SSSR count). The van der Waals surface area contributed by atoms with Crippen LogP contribution in [0.25, 0.3) is 0 Å². The summed E-state index contributed by atoms with van der Waals surface area (Å²) < 4.78 is 32.6. The van der Waals surface area contributed by atoms with Crippen LogP contribution in [0.3, 0.4) is 0 Å². The highest BCUT2D eigenvalue weighted by Crippen LogP contribution is 2.30. The van der Waals surface area contributed by atoms with Gasteiger partial charge in [0, 0.05) is 0 Å². The molecule has 24 heavy (non-hydrogen) atoms. The molecule has 1 aliphatic rings. The fourth-order valence-electron chi connectivity index (χ4n) is 2.40. The van der Waals surface area contributed by atoms with E-state index in [4.69, 9.17) is 10.00 Å². The Morgan fingerprint density at radius 1 is 1.12 bits per heavy atom. The number of nitriles is 1. The number of hydrogen-bond donors (Lipinski definition) is 1. The molecule has 1 heterocycles. The van der Waals surface area contributed by atoms with E-state index in [9.17, 15) is 13.2 Å². The number of benzene rings is 2. The van der Waals surface area contributed by atoms with Crippen molar-refractivity contribution in [2.24, 2.45) is 0 Å². The van der Waals surface area contributed by atoms with E-state index in [1.54, 1.807) is 36.4 Å². The van der Waals surface area contributed by atoms with Crippen molar-refractivity contribution in [1.82, 2.24) is 0 Å². The van der Waals surface area contributed by atoms with E-state index in [1.807, 2.05) is 6.07 Å². The maximum atomic E-state index is 12.6. The van der Waals surface area contributed by atoms with Crippen LogP contribution in [0, 0.1) is 11.3 Å². The number of nitrogens with zero attached hydrogens (tertiary/aromatic N) is 2. The summed E-state index contributed by atoms with van der Waals surface area (Å²) in [5.41, 5.74) is 0.685. The summed E-state index contributed by atoms with van der Waals surface area (Å²) in [7, 11) is -3.98. The predicted octanol–water partition coefficient (Wildman–Crippen LogP) is 2.32. The largest absolute Gasteiger partial charge is 0.447 e. The molecule has 1 fully saturated rings. The zero-order valence-electron chi connectivity index (χ0n) is 12.5. The van der Waals surface area contributed by atoms with Crippen molar-refractivity contribution in [3.8, 4) is 6.07 Å². The standard InChI is InChI=1S/C16H13N3O4S/c17-11-12-5-1-4-8-15(12)24(21,22)18-13-6-2-3-7-14(13)19-9-10-23-16(19)20/h1-8,18H,9-10H2. The fourth-order valence-corrected chi connectivity index (χ4v) is 3.63. The van der Waals surface area contributed by atoms with Crippen LogP contribution in [-0.4, -0.2) is 27.7 Å². The molecule has 1 N–H and O–H groups in total. The van der Waals surface area contributed by atoms with Gasteiger partial charge in [0.1, 0.15) is 17.6 Å². The molecular formula is C16H13N3O4S. The summed E-state index contributed by atoms with van der Waals surface area (Å²) in [4.78, 5) is 13.0. The lowest BCUT2D eigenvalue weighted by molar-refractivity contribution is 0.181. The number of cyclic esters (lactones) is 1. The average molecular weight is 343 g/mol. The molecule has 1 amide bonds. The molecule has 7 nitrogen and oxygen atoms in total. The summed E-state index contributed by atoms with van der Waals surface area (Å²) in [6.07, 6.45) is -0.529. The van der Waals surface area contributed by atoms with Crippen molar-refractivity contribution < 1.29 is 17.9 Å². The van der Waals surface area contributed by atoms with E-state index in [-0.39, 0.29) is 22.8 Å². The summed E-state index contributed by atoms with van der Waals surface area (Å²) in [6, 6.07) is 14.3. The van der Waals surface area contributed by atoms with Gasteiger partial charge in [-0.3, -0.25) is 9.62 Å². The summed E-state index contributed by atoms with van der Waals surface area (Å²) in [5.74, 6) is 0. The monoisotopic (exact) mass is 343 g/mol. The Labute approximate surface area is 139 Å². The van der Waals surface area contributed by atoms with Crippen molar-refractivity contribution in [3.63, 3.8) is 0 Å². The Morgan fingerprint density at radius 3 is 2.54 bits per heavy atom. The van der Waals surface area contributed by atoms with Gasteiger partial charge in [-0.2, -0.15) is 5.26 Å². The third-order valence-corrected chi connectivity index (χ3v) is 4.92. The van der Waals surface area contributed by atoms with Gasteiger partial charge in [-0.05, 0) is 24.3 Å². The SMILES string of the molecule is N#Cc1ccccc1S(=O)(=O)Nc1ccccc1N1CCOC1=O. The molecular weight excluding hydrogens is 330 g/mol. The quantitative estimate of drug-likeness (QED) is 0.918. The summed E-state index contributed by atoms with van der Waals surface area (Å²) in [5, 5.41) is 9.10. The topological polar surface area (TPSA) is 99.5 Å². The number of anilines is 2. The normalized spacial score (nSPS) is 14.1. The highest BCUT2D eigenvalue weighted by Gasteiger charge is 2.27. The van der Waals surface area contributed by atoms with Crippen LogP contribution in [0.4, 0.5) is 16.2 Å². The van der Waals surface area contributed by atoms with Crippen molar-refractivity contribution >= 4 is 27.5 Å². The molecule has 0 spiro atoms. The first-order valence-electron chi connectivity index (χ1n) is 7.08. The van der Waals surface area contributed by atoms with E-state index in [0.717, 1.165) is 0 Å². The first kappa shape index (κ1) is 15.8. The zero-order valence-corrected chi connectivity index (χ0v) is 13.3. The van der Waals surface area contributed by atoms with E-state index >= 15 is 0 Å². The summed E-state index contributed by atoms with van der Waals surface area (Å²) >= 11 is 0. The number of amides is 1. The Bertz CT molecular complexity index is 934. The third kappa shape index (κ3) is 2.89. The lowest BCUT2D eigenvalue weighted by Crippen LogP contribution is -2.25. The Morgan fingerprint density at radius 2 is 1.83 bits per heavy atom. The van der Waals surface area contributed by atoms with Gasteiger partial charge in [0.15, 0.2) is 0 Å². The molecule has 0 aliphatic carbocycles. The second kappa shape index (κ2) is 6.22. The number of carbonyl (C=O) groups excluding carboxylic acids is 1. The molecule has 2 aromatic carbocycles. The smallest absolute Gasteiger partial charge is 0.414 e. The van der Waals surface area contributed by atoms with Crippen molar-refractivity contribution in [2.45, 2.75) is 4.90 Å². The van der Waals surface area contributed by atoms with Crippen LogP contribution >= 0.6 is 0 Å². The zero-order chi connectivity index (χ0) is 17.2. The van der Waals surface area contributed by atoms with Gasteiger partial charge < -0.3 is 4.74 Å². The van der Waals surface area contributed by atoms with Gasteiger partial charge >= 0.3 is 6.09 Å². The first-order chi connectivity index (χ1) is 11.5. The van der Waals surface area contributed by atoms with Gasteiger partial charge in [0.2, 0.25) is 0 Å². The van der Waals surface area contributed by atoms with E-state index < -0.39 is 16.1 Å². The van der Waals surface area contributed by atoms with Crippen LogP contribution < -0.4 is 9.62 Å². The molecule has 0 atom stereocenters. The number of para-hydroxylation sites is 2. The number of carbonyl (C=O) groups is 1. The Balaban J connectivity index is 2.00. The molecule has 0 unspecified atom stereocenters. The molecule has 8 heteroatoms. The predicted molar refractivity (Wildman–Crippen MR) is 87.1 cm³/mol. The minimum atomic E-state index is -3.98. The molecule has 1 aliphatic heterocycles. The van der Waals surface area contributed by atoms with Crippen LogP contribution in [0.2, 0.25) is 0 Å². The highest BCUT2D eigenvalue weighted by molar-refractivity contribution is 7.92. The number of rotatable bonds is 4. The Kier molecular flexibility index (Phi) is 4.10. The van der Waals surface area contributed by atoms with Crippen molar-refractivity contribution in [3.05, 3.63) is 54.1 Å². The van der Waals surface area contributed by atoms with Crippen LogP contribution in [-0.2, 0) is 14.8 Å². The lowest BCUT2D eigenvalue weighted by Gasteiger charge is -2.18. The first-order valence-corrected chi connectivity index (χ1v) is 8.56. The molecule has 0 aromatic heterocycles. The fraction of sp³-hybridized carbons (Fsp3) is 0.125. The number of hydrogen-bond acceptors (Lipinski definition) is 5. The lowest BCUT2D eigenvalue weighted by atomic mass is 10.2. The second-order valence-electron chi connectivity index (χ2n) is 5.00. The molecule has 0 saturated carbocycles. The van der Waals surface area contributed by atoms with Gasteiger partial charge in [0.25, 0.3) is 10.0 Å². The Hall–Kier alpha value is -3.05. The number of sulfonamides is 1. The van der Waals surface area contributed by atoms with Crippen molar-refractivity contribution in [2.75, 3.05) is 22.8 Å². The van der Waals surface area contributed by atoms with Gasteiger partial charge in [-0.15, -0.1) is 0 Å². The third-order valence-electron chi connectivity index (χ3n) is 3.50.